The minimum atomic E-state index is 0.698. The molecule has 2 rings (SSSR count). The van der Waals surface area contributed by atoms with Crippen molar-refractivity contribution < 1.29 is 0 Å². The molecular formula is C17H19I. The van der Waals surface area contributed by atoms with E-state index in [-0.39, 0.29) is 0 Å². The highest BCUT2D eigenvalue weighted by molar-refractivity contribution is 14.1. The zero-order chi connectivity index (χ0) is 12.6. The predicted molar refractivity (Wildman–Crippen MR) is 87.5 cm³/mol. The first-order chi connectivity index (χ1) is 8.90. The molecule has 1 unspecified atom stereocenters. The molecule has 0 saturated heterocycles. The van der Waals surface area contributed by atoms with E-state index in [4.69, 9.17) is 0 Å². The molecule has 1 atom stereocenters. The Balaban J connectivity index is 1.99. The Labute approximate surface area is 124 Å². The summed E-state index contributed by atoms with van der Waals surface area (Å²) >= 11 is 2.48. The summed E-state index contributed by atoms with van der Waals surface area (Å²) in [4.78, 5) is 0. The molecule has 0 N–H and O–H groups in total. The van der Waals surface area contributed by atoms with Crippen LogP contribution in [-0.4, -0.2) is 4.43 Å². The van der Waals surface area contributed by atoms with Crippen LogP contribution in [0, 0.1) is 0 Å². The van der Waals surface area contributed by atoms with Crippen LogP contribution in [0.25, 0.3) is 0 Å². The van der Waals surface area contributed by atoms with Crippen LogP contribution in [-0.2, 0) is 6.42 Å². The highest BCUT2D eigenvalue weighted by Crippen LogP contribution is 2.25. The van der Waals surface area contributed by atoms with Gasteiger partial charge in [-0.25, -0.2) is 0 Å². The molecule has 0 spiro atoms. The summed E-state index contributed by atoms with van der Waals surface area (Å²) in [5.41, 5.74) is 2.94. The summed E-state index contributed by atoms with van der Waals surface area (Å²) in [7, 11) is 0. The summed E-state index contributed by atoms with van der Waals surface area (Å²) in [5, 5.41) is 0. The molecule has 0 saturated carbocycles. The second kappa shape index (κ2) is 7.57. The van der Waals surface area contributed by atoms with Crippen molar-refractivity contribution in [2.24, 2.45) is 0 Å². The van der Waals surface area contributed by atoms with E-state index in [0.717, 1.165) is 0 Å². The Morgan fingerprint density at radius 2 is 1.39 bits per heavy atom. The van der Waals surface area contributed by atoms with Crippen molar-refractivity contribution in [3.63, 3.8) is 0 Å². The second-order valence-electron chi connectivity index (χ2n) is 4.61. The van der Waals surface area contributed by atoms with E-state index in [1.807, 2.05) is 0 Å². The van der Waals surface area contributed by atoms with Gasteiger partial charge in [0.1, 0.15) is 0 Å². The first-order valence-corrected chi connectivity index (χ1v) is 8.07. The number of hydrogen-bond acceptors (Lipinski definition) is 0. The topological polar surface area (TPSA) is 0 Å². The maximum Gasteiger partial charge on any atom is 0.000109 e. The SMILES string of the molecule is ICCC(CCc1ccccc1)c1ccccc1. The van der Waals surface area contributed by atoms with E-state index >= 15 is 0 Å². The van der Waals surface area contributed by atoms with Gasteiger partial charge in [-0.2, -0.15) is 0 Å². The van der Waals surface area contributed by atoms with Crippen molar-refractivity contribution in [2.45, 2.75) is 25.2 Å². The van der Waals surface area contributed by atoms with Crippen molar-refractivity contribution in [3.8, 4) is 0 Å². The van der Waals surface area contributed by atoms with Gasteiger partial charge in [-0.3, -0.25) is 0 Å². The van der Waals surface area contributed by atoms with Crippen LogP contribution >= 0.6 is 22.6 Å². The number of rotatable bonds is 6. The molecule has 94 valence electrons. The maximum absolute atomic E-state index is 2.48. The van der Waals surface area contributed by atoms with E-state index < -0.39 is 0 Å². The molecule has 1 heteroatoms. The summed E-state index contributed by atoms with van der Waals surface area (Å²) < 4.78 is 1.23. The van der Waals surface area contributed by atoms with E-state index in [1.54, 1.807) is 0 Å². The van der Waals surface area contributed by atoms with Crippen molar-refractivity contribution in [3.05, 3.63) is 71.8 Å². The number of hydrogen-bond donors (Lipinski definition) is 0. The first-order valence-electron chi connectivity index (χ1n) is 6.55. The quantitative estimate of drug-likeness (QED) is 0.494. The molecular weight excluding hydrogens is 331 g/mol. The van der Waals surface area contributed by atoms with E-state index in [1.165, 1.54) is 34.8 Å². The molecule has 0 amide bonds. The fraction of sp³-hybridized carbons (Fsp3) is 0.294. The lowest BCUT2D eigenvalue weighted by Gasteiger charge is -2.16. The maximum atomic E-state index is 2.48. The molecule has 0 fully saturated rings. The highest BCUT2D eigenvalue weighted by atomic mass is 127. The normalized spacial score (nSPS) is 12.3. The van der Waals surface area contributed by atoms with Gasteiger partial charge in [0.25, 0.3) is 0 Å². The van der Waals surface area contributed by atoms with Crippen LogP contribution in [0.2, 0.25) is 0 Å². The number of alkyl halides is 1. The molecule has 0 aromatic heterocycles. The number of aryl methyl sites for hydroxylation is 1. The standard InChI is InChI=1S/C17H19I/c18-14-13-17(16-9-5-2-6-10-16)12-11-15-7-3-1-4-8-15/h1-10,17H,11-14H2. The van der Waals surface area contributed by atoms with Crippen LogP contribution < -0.4 is 0 Å². The van der Waals surface area contributed by atoms with Gasteiger partial charge in [0.15, 0.2) is 0 Å². The fourth-order valence-electron chi connectivity index (χ4n) is 2.32. The Bertz CT molecular complexity index is 436. The average molecular weight is 350 g/mol. The first kappa shape index (κ1) is 13.6. The van der Waals surface area contributed by atoms with Crippen LogP contribution in [0.15, 0.2) is 60.7 Å². The predicted octanol–water partition coefficient (Wildman–Crippen LogP) is 5.23. The van der Waals surface area contributed by atoms with Gasteiger partial charge in [-0.05, 0) is 36.3 Å². The zero-order valence-corrected chi connectivity index (χ0v) is 12.7. The summed E-state index contributed by atoms with van der Waals surface area (Å²) in [5.74, 6) is 0.698. The summed E-state index contributed by atoms with van der Waals surface area (Å²) in [6.45, 7) is 0. The van der Waals surface area contributed by atoms with E-state index in [2.05, 4.69) is 83.3 Å². The van der Waals surface area contributed by atoms with Crippen molar-refractivity contribution in [1.29, 1.82) is 0 Å². The molecule has 0 aliphatic carbocycles. The van der Waals surface area contributed by atoms with Crippen LogP contribution in [0.4, 0.5) is 0 Å². The lowest BCUT2D eigenvalue weighted by Crippen LogP contribution is -2.01. The molecule has 2 aromatic rings. The van der Waals surface area contributed by atoms with Gasteiger partial charge in [-0.1, -0.05) is 83.3 Å². The van der Waals surface area contributed by atoms with Gasteiger partial charge in [0, 0.05) is 4.43 Å². The Morgan fingerprint density at radius 3 is 2.00 bits per heavy atom. The molecule has 0 heterocycles. The highest BCUT2D eigenvalue weighted by Gasteiger charge is 2.10. The third kappa shape index (κ3) is 4.13. The molecule has 18 heavy (non-hydrogen) atoms. The molecule has 2 aromatic carbocycles. The van der Waals surface area contributed by atoms with Crippen molar-refractivity contribution in [2.75, 3.05) is 4.43 Å². The molecule has 0 bridgehead atoms. The molecule has 0 nitrogen and oxygen atoms in total. The van der Waals surface area contributed by atoms with Gasteiger partial charge < -0.3 is 0 Å². The third-order valence-corrected chi connectivity index (χ3v) is 3.98. The minimum Gasteiger partial charge on any atom is -0.0864 e. The van der Waals surface area contributed by atoms with E-state index in [9.17, 15) is 0 Å². The Morgan fingerprint density at radius 1 is 0.778 bits per heavy atom. The third-order valence-electron chi connectivity index (χ3n) is 3.35. The lowest BCUT2D eigenvalue weighted by atomic mass is 9.90. The Hall–Kier alpha value is -0.830. The van der Waals surface area contributed by atoms with Gasteiger partial charge in [0.2, 0.25) is 0 Å². The zero-order valence-electron chi connectivity index (χ0n) is 10.6. The van der Waals surface area contributed by atoms with Crippen LogP contribution in [0.5, 0.6) is 0 Å². The smallest absolute Gasteiger partial charge is 0.000109 e. The fourth-order valence-corrected chi connectivity index (χ4v) is 3.07. The van der Waals surface area contributed by atoms with Crippen LogP contribution in [0.3, 0.4) is 0 Å². The van der Waals surface area contributed by atoms with Gasteiger partial charge in [-0.15, -0.1) is 0 Å². The van der Waals surface area contributed by atoms with E-state index in [0.29, 0.717) is 5.92 Å². The molecule has 0 radical (unpaired) electrons. The summed E-state index contributed by atoms with van der Waals surface area (Å²) in [6.07, 6.45) is 3.70. The number of halogens is 1. The monoisotopic (exact) mass is 350 g/mol. The average Bonchev–Trinajstić information content (AvgIpc) is 2.45. The largest absolute Gasteiger partial charge is 0.0864 e. The Kier molecular flexibility index (Phi) is 5.72. The minimum absolute atomic E-state index is 0.698. The van der Waals surface area contributed by atoms with Crippen molar-refractivity contribution in [1.82, 2.24) is 0 Å². The van der Waals surface area contributed by atoms with Gasteiger partial charge >= 0.3 is 0 Å². The number of benzene rings is 2. The van der Waals surface area contributed by atoms with Crippen LogP contribution in [0.1, 0.15) is 29.9 Å². The molecule has 0 aliphatic rings. The summed E-state index contributed by atoms with van der Waals surface area (Å²) in [6, 6.07) is 21.7. The second-order valence-corrected chi connectivity index (χ2v) is 5.69. The lowest BCUT2D eigenvalue weighted by molar-refractivity contribution is 0.614. The van der Waals surface area contributed by atoms with Gasteiger partial charge in [0.05, 0.1) is 0 Å². The molecule has 0 aliphatic heterocycles. The van der Waals surface area contributed by atoms with Crippen molar-refractivity contribution >= 4 is 22.6 Å².